The lowest BCUT2D eigenvalue weighted by atomic mass is 9.52. The van der Waals surface area contributed by atoms with Crippen LogP contribution in [0.3, 0.4) is 0 Å². The van der Waals surface area contributed by atoms with E-state index in [1.165, 1.54) is 11.1 Å². The van der Waals surface area contributed by atoms with Crippen LogP contribution >= 0.6 is 12.4 Å². The largest absolute Gasteiger partial charge is 0.493 e. The number of carbonyl (C=O) groups is 3. The summed E-state index contributed by atoms with van der Waals surface area (Å²) >= 11 is 0. The molecular formula is C32H45ClN2O11. The molecule has 13 nitrogen and oxygen atoms in total. The van der Waals surface area contributed by atoms with Crippen LogP contribution < -0.4 is 14.8 Å². The molecule has 2 bridgehead atoms. The van der Waals surface area contributed by atoms with E-state index in [2.05, 4.69) is 23.3 Å². The number of carbonyl (C=O) groups excluding carboxylic acids is 1. The lowest BCUT2D eigenvalue weighted by molar-refractivity contribution is -0.165. The van der Waals surface area contributed by atoms with Gasteiger partial charge in [-0.1, -0.05) is 36.4 Å². The molecule has 14 heteroatoms. The average molecular weight is 669 g/mol. The van der Waals surface area contributed by atoms with Crippen molar-refractivity contribution in [2.45, 2.75) is 74.5 Å². The first-order valence-electron chi connectivity index (χ1n) is 14.7. The number of likely N-dealkylation sites (N-methyl/N-ethyl adjacent to an activating group) is 2. The molecule has 2 aromatic rings. The summed E-state index contributed by atoms with van der Waals surface area (Å²) < 4.78 is 11.8. The fourth-order valence-electron chi connectivity index (χ4n) is 7.04. The normalized spacial score (nSPS) is 25.9. The van der Waals surface area contributed by atoms with E-state index in [0.717, 1.165) is 42.9 Å². The molecule has 2 aliphatic carbocycles. The molecule has 1 saturated carbocycles. The number of halogens is 1. The number of likely N-dealkylation sites (tertiary alicyclic amines) is 1. The molecule has 4 aliphatic rings. The Bertz CT molecular complexity index is 1350. The van der Waals surface area contributed by atoms with Gasteiger partial charge in [0, 0.05) is 29.5 Å². The van der Waals surface area contributed by atoms with Crippen LogP contribution in [0.15, 0.2) is 42.5 Å². The molecule has 0 radical (unpaired) electrons. The van der Waals surface area contributed by atoms with Crippen molar-refractivity contribution < 1.29 is 54.9 Å². The highest BCUT2D eigenvalue weighted by Crippen LogP contribution is 2.63. The Labute approximate surface area is 273 Å². The van der Waals surface area contributed by atoms with Gasteiger partial charge in [-0.2, -0.15) is 0 Å². The van der Waals surface area contributed by atoms with Gasteiger partial charge in [0.2, 0.25) is 0 Å². The quantitative estimate of drug-likeness (QED) is 0.241. The van der Waals surface area contributed by atoms with Crippen LogP contribution in [0.25, 0.3) is 0 Å². The molecule has 2 heterocycles. The summed E-state index contributed by atoms with van der Waals surface area (Å²) in [5.41, 5.74) is 3.53. The molecule has 2 aromatic carbocycles. The minimum atomic E-state index is -2.27. The van der Waals surface area contributed by atoms with Crippen LogP contribution in [0.4, 0.5) is 0 Å². The Balaban J connectivity index is 0.000000264. The molecule has 256 valence electrons. The van der Waals surface area contributed by atoms with Crippen molar-refractivity contribution in [3.05, 3.63) is 59.2 Å². The standard InChI is InChI=1S/C18H21NO3.C10H15NO.C4H6O6.ClH.H2O/c1-19-8-7-18-11-4-5-13(20)17(18)22-16-14(21-2)6-3-10(15(16)18)9-12(11)19;1-8(11-2)10(12)9-6-4-3-5-7-9;5-1(3(7)8)2(6)4(9)10;;/h3,6,11-12,17H,4-5,7-9H2,1-2H3;3-8,10-12H,1-2H3;1-2,5-6H,(H,7,8)(H,9,10);1H;1H2/t11-,12+,17-,18-;8-,10+;1-,2-;;/m001../s1. The summed E-state index contributed by atoms with van der Waals surface area (Å²) in [4.78, 5) is 34.7. The van der Waals surface area contributed by atoms with E-state index in [0.29, 0.717) is 18.4 Å². The number of carboxylic acid groups (broad SMARTS) is 2. The van der Waals surface area contributed by atoms with Crippen LogP contribution in [-0.2, 0) is 26.2 Å². The van der Waals surface area contributed by atoms with Crippen molar-refractivity contribution in [2.75, 3.05) is 27.7 Å². The Kier molecular flexibility index (Phi) is 13.5. The fourth-order valence-corrected chi connectivity index (χ4v) is 7.04. The zero-order valence-corrected chi connectivity index (χ0v) is 27.1. The number of hydrogen-bond donors (Lipinski definition) is 6. The third-order valence-corrected chi connectivity index (χ3v) is 9.47. The maximum absolute atomic E-state index is 12.6. The second-order valence-electron chi connectivity index (χ2n) is 11.8. The highest BCUT2D eigenvalue weighted by atomic mass is 35.5. The molecule has 2 aliphatic heterocycles. The number of aliphatic hydroxyl groups excluding tert-OH is 3. The van der Waals surface area contributed by atoms with Crippen molar-refractivity contribution in [1.82, 2.24) is 10.2 Å². The minimum Gasteiger partial charge on any atom is -0.493 e. The number of benzene rings is 2. The average Bonchev–Trinajstić information content (AvgIpc) is 3.39. The number of nitrogens with one attached hydrogen (secondary N) is 1. The summed E-state index contributed by atoms with van der Waals surface area (Å²) in [6.45, 7) is 3.00. The Hall–Kier alpha value is -3.30. The van der Waals surface area contributed by atoms with Crippen LogP contribution in [-0.4, -0.2) is 112 Å². The van der Waals surface area contributed by atoms with Crippen LogP contribution in [0.1, 0.15) is 49.0 Å². The Morgan fingerprint density at radius 3 is 2.22 bits per heavy atom. The van der Waals surface area contributed by atoms with Gasteiger partial charge in [-0.3, -0.25) is 4.79 Å². The Morgan fingerprint density at radius 2 is 1.67 bits per heavy atom. The number of hydrogen-bond acceptors (Lipinski definition) is 10. The maximum Gasteiger partial charge on any atom is 0.335 e. The smallest absolute Gasteiger partial charge is 0.335 e. The Morgan fingerprint density at radius 1 is 1.07 bits per heavy atom. The summed E-state index contributed by atoms with van der Waals surface area (Å²) in [5, 5.41) is 45.3. The maximum atomic E-state index is 12.6. The summed E-state index contributed by atoms with van der Waals surface area (Å²) in [6, 6.07) is 14.5. The van der Waals surface area contributed by atoms with Gasteiger partial charge >= 0.3 is 11.9 Å². The fraction of sp³-hybridized carbons (Fsp3) is 0.531. The number of aliphatic hydroxyl groups is 3. The number of ether oxygens (including phenoxy) is 2. The van der Waals surface area contributed by atoms with E-state index in [1.54, 1.807) is 7.11 Å². The first-order chi connectivity index (χ1) is 20.9. The number of carboxylic acids is 2. The van der Waals surface area contributed by atoms with Gasteiger partial charge in [-0.25, -0.2) is 9.59 Å². The molecule has 1 spiro atoms. The molecule has 8 N–H and O–H groups in total. The number of methoxy groups -OCH3 is 1. The first-order valence-corrected chi connectivity index (χ1v) is 14.7. The number of ketones is 1. The SMILES string of the molecule is CN[C@@H](C)[C@@H](O)c1ccccc1.COc1ccc2c3c1O[C@H]1C(=O)CC[C@H]4[C@@H](C2)N(C)CC[C@]314.Cl.O.O=C(O)[C@H](O)[C@@H](O)C(=O)O. The topological polar surface area (TPSA) is 218 Å². The molecule has 2 fully saturated rings. The third kappa shape index (κ3) is 7.15. The number of nitrogens with zero attached hydrogens (tertiary/aromatic N) is 1. The lowest BCUT2D eigenvalue weighted by Gasteiger charge is -2.57. The monoisotopic (exact) mass is 668 g/mol. The molecule has 0 aromatic heterocycles. The van der Waals surface area contributed by atoms with Crippen molar-refractivity contribution in [2.24, 2.45) is 5.92 Å². The van der Waals surface area contributed by atoms with E-state index in [-0.39, 0.29) is 41.2 Å². The van der Waals surface area contributed by atoms with E-state index < -0.39 is 30.3 Å². The van der Waals surface area contributed by atoms with Gasteiger partial charge in [0.15, 0.2) is 35.6 Å². The van der Waals surface area contributed by atoms with Crippen molar-refractivity contribution >= 4 is 30.1 Å². The second kappa shape index (κ2) is 16.0. The summed E-state index contributed by atoms with van der Waals surface area (Å²) in [5.74, 6) is -1.08. The molecule has 0 unspecified atom stereocenters. The van der Waals surface area contributed by atoms with Gasteiger partial charge < -0.3 is 50.7 Å². The van der Waals surface area contributed by atoms with Gasteiger partial charge in [0.25, 0.3) is 0 Å². The molecular weight excluding hydrogens is 624 g/mol. The molecule has 0 amide bonds. The predicted octanol–water partition coefficient (Wildman–Crippen LogP) is 0.736. The minimum absolute atomic E-state index is 0. The van der Waals surface area contributed by atoms with Crippen LogP contribution in [0.2, 0.25) is 0 Å². The summed E-state index contributed by atoms with van der Waals surface area (Å²) in [7, 11) is 5.76. The second-order valence-corrected chi connectivity index (χ2v) is 11.8. The van der Waals surface area contributed by atoms with Crippen molar-refractivity contribution in [3.63, 3.8) is 0 Å². The zero-order valence-electron chi connectivity index (χ0n) is 26.3. The molecule has 46 heavy (non-hydrogen) atoms. The number of aliphatic carboxylic acids is 2. The van der Waals surface area contributed by atoms with Gasteiger partial charge in [0.05, 0.1) is 13.2 Å². The van der Waals surface area contributed by atoms with Crippen LogP contribution in [0.5, 0.6) is 11.5 Å². The zero-order chi connectivity index (χ0) is 32.3. The molecule has 6 rings (SSSR count). The predicted molar refractivity (Wildman–Crippen MR) is 170 cm³/mol. The van der Waals surface area contributed by atoms with Crippen LogP contribution in [0, 0.1) is 5.92 Å². The molecule has 1 saturated heterocycles. The highest BCUT2D eigenvalue weighted by molar-refractivity contribution is 5.89. The van der Waals surface area contributed by atoms with E-state index in [1.807, 2.05) is 50.4 Å². The number of Topliss-reactive ketones (excluding diaryl/α,β-unsaturated/α-hetero) is 1. The lowest BCUT2D eigenvalue weighted by Crippen LogP contribution is -2.65. The highest BCUT2D eigenvalue weighted by Gasteiger charge is 2.65. The van der Waals surface area contributed by atoms with E-state index in [4.69, 9.17) is 29.9 Å². The van der Waals surface area contributed by atoms with Crippen molar-refractivity contribution in [3.8, 4) is 11.5 Å². The first kappa shape index (κ1) is 38.9. The van der Waals surface area contributed by atoms with Gasteiger partial charge in [-0.15, -0.1) is 12.4 Å². The van der Waals surface area contributed by atoms with E-state index >= 15 is 0 Å². The summed E-state index contributed by atoms with van der Waals surface area (Å²) in [6.07, 6.45) is -1.48. The van der Waals surface area contributed by atoms with Gasteiger partial charge in [0.1, 0.15) is 0 Å². The third-order valence-electron chi connectivity index (χ3n) is 9.47. The van der Waals surface area contributed by atoms with E-state index in [9.17, 15) is 19.5 Å². The number of rotatable bonds is 7. The number of piperidine rings is 1. The molecule has 8 atom stereocenters. The van der Waals surface area contributed by atoms with Gasteiger partial charge in [-0.05, 0) is 69.9 Å². The van der Waals surface area contributed by atoms with Crippen molar-refractivity contribution in [1.29, 1.82) is 0 Å².